The zero-order valence-electron chi connectivity index (χ0n) is 19.3. The molecule has 1 aliphatic rings. The third-order valence-corrected chi connectivity index (χ3v) is 6.20. The second-order valence-electron chi connectivity index (χ2n) is 8.03. The molecule has 32 heavy (non-hydrogen) atoms. The maximum atomic E-state index is 12.7. The quantitative estimate of drug-likeness (QED) is 0.652. The number of hydrogen-bond donors (Lipinski definition) is 2. The predicted molar refractivity (Wildman–Crippen MR) is 127 cm³/mol. The number of anilines is 1. The van der Waals surface area contributed by atoms with Gasteiger partial charge in [-0.05, 0) is 55.8 Å². The molecule has 2 aromatic rings. The van der Waals surface area contributed by atoms with Crippen LogP contribution >= 0.6 is 0 Å². The number of nitrogens with one attached hydrogen (secondary N) is 1. The van der Waals surface area contributed by atoms with Crippen molar-refractivity contribution in [3.8, 4) is 0 Å². The summed E-state index contributed by atoms with van der Waals surface area (Å²) in [5, 5.41) is 11.6. The van der Waals surface area contributed by atoms with Crippen LogP contribution in [-0.2, 0) is 0 Å². The van der Waals surface area contributed by atoms with Gasteiger partial charge in [-0.1, -0.05) is 31.2 Å². The molecule has 3 rings (SSSR count). The molecule has 7 nitrogen and oxygen atoms in total. The molecule has 172 valence electrons. The Morgan fingerprint density at radius 3 is 2.19 bits per heavy atom. The van der Waals surface area contributed by atoms with Crippen LogP contribution in [0.15, 0.2) is 48.5 Å². The van der Waals surface area contributed by atoms with Gasteiger partial charge in [-0.2, -0.15) is 0 Å². The third-order valence-electron chi connectivity index (χ3n) is 6.20. The van der Waals surface area contributed by atoms with E-state index >= 15 is 0 Å². The van der Waals surface area contributed by atoms with Crippen LogP contribution in [0, 0.1) is 0 Å². The smallest absolute Gasteiger partial charge is 0.409 e. The average Bonchev–Trinajstić information content (AvgIpc) is 2.81. The fraction of sp³-hybridized carbons (Fsp3) is 0.440. The maximum absolute atomic E-state index is 12.7. The van der Waals surface area contributed by atoms with E-state index in [1.807, 2.05) is 61.2 Å². The third kappa shape index (κ3) is 5.66. The number of rotatable bonds is 8. The summed E-state index contributed by atoms with van der Waals surface area (Å²) >= 11 is 0. The van der Waals surface area contributed by atoms with Gasteiger partial charge < -0.3 is 14.9 Å². The summed E-state index contributed by atoms with van der Waals surface area (Å²) in [6, 6.07) is 15.5. The number of carboxylic acid groups (broad SMARTS) is 1. The molecule has 2 aromatic carbocycles. The maximum Gasteiger partial charge on any atom is 0.409 e. The van der Waals surface area contributed by atoms with Crippen LogP contribution in [0.5, 0.6) is 0 Å². The minimum Gasteiger partial charge on any atom is -0.465 e. The van der Waals surface area contributed by atoms with Gasteiger partial charge in [-0.3, -0.25) is 15.0 Å². The lowest BCUT2D eigenvalue weighted by molar-refractivity contribution is 0.0773. The van der Waals surface area contributed by atoms with E-state index in [1.54, 1.807) is 6.07 Å². The van der Waals surface area contributed by atoms with Crippen LogP contribution in [0.25, 0.3) is 0 Å². The summed E-state index contributed by atoms with van der Waals surface area (Å²) in [5.74, 6) is 0.0438. The van der Waals surface area contributed by atoms with E-state index in [4.69, 9.17) is 5.11 Å². The molecule has 0 unspecified atom stereocenters. The van der Waals surface area contributed by atoms with Crippen molar-refractivity contribution in [3.05, 3.63) is 65.2 Å². The minimum atomic E-state index is -1.07. The summed E-state index contributed by atoms with van der Waals surface area (Å²) in [7, 11) is 0. The monoisotopic (exact) mass is 438 g/mol. The predicted octanol–water partition coefficient (Wildman–Crippen LogP) is 3.99. The van der Waals surface area contributed by atoms with E-state index in [9.17, 15) is 9.59 Å². The molecule has 2 N–H and O–H groups in total. The van der Waals surface area contributed by atoms with Gasteiger partial charge in [0.25, 0.3) is 5.91 Å². The van der Waals surface area contributed by atoms with Gasteiger partial charge >= 0.3 is 6.09 Å². The van der Waals surface area contributed by atoms with Crippen LogP contribution in [0.4, 0.5) is 10.5 Å². The van der Waals surface area contributed by atoms with Crippen molar-refractivity contribution in [1.29, 1.82) is 0 Å². The molecule has 1 heterocycles. The number of hydrogen-bond acceptors (Lipinski definition) is 4. The summed E-state index contributed by atoms with van der Waals surface area (Å²) < 4.78 is 0. The van der Waals surface area contributed by atoms with Crippen molar-refractivity contribution < 1.29 is 14.7 Å². The lowest BCUT2D eigenvalue weighted by Crippen LogP contribution is -2.47. The highest BCUT2D eigenvalue weighted by molar-refractivity contribution is 5.94. The fourth-order valence-corrected chi connectivity index (χ4v) is 4.36. The van der Waals surface area contributed by atoms with E-state index in [1.165, 1.54) is 0 Å². The first-order chi connectivity index (χ1) is 15.5. The summed E-state index contributed by atoms with van der Waals surface area (Å²) in [6.45, 7) is 12.4. The lowest BCUT2D eigenvalue weighted by atomic mass is 9.95. The van der Waals surface area contributed by atoms with Crippen molar-refractivity contribution in [2.45, 2.75) is 26.8 Å². The van der Waals surface area contributed by atoms with Crippen LogP contribution in [-0.4, -0.2) is 77.6 Å². The van der Waals surface area contributed by atoms with Crippen molar-refractivity contribution >= 4 is 17.7 Å². The fourth-order valence-electron chi connectivity index (χ4n) is 4.36. The highest BCUT2D eigenvalue weighted by Gasteiger charge is 2.26. The standard InChI is InChI=1S/C25H34N4O3/c1-4-27-14-16-29(17-15-27)23(21-8-7-9-22(18-21)26-25(31)32)19-10-12-20(13-11-19)24(30)28(5-2)6-3/h7-13,18,23,26H,4-6,14-17H2,1-3H3,(H,31,32)/t23-/m1/s1. The minimum absolute atomic E-state index is 0.0119. The van der Waals surface area contributed by atoms with Crippen LogP contribution in [0.3, 0.4) is 0 Å². The number of amides is 2. The highest BCUT2D eigenvalue weighted by atomic mass is 16.4. The second kappa shape index (κ2) is 11.1. The molecule has 7 heteroatoms. The van der Waals surface area contributed by atoms with Gasteiger partial charge in [0.2, 0.25) is 0 Å². The Labute approximate surface area is 190 Å². The van der Waals surface area contributed by atoms with Gasteiger partial charge in [0.1, 0.15) is 0 Å². The molecule has 0 aromatic heterocycles. The zero-order chi connectivity index (χ0) is 23.1. The molecule has 1 aliphatic heterocycles. The van der Waals surface area contributed by atoms with E-state index < -0.39 is 6.09 Å². The van der Waals surface area contributed by atoms with Crippen molar-refractivity contribution in [3.63, 3.8) is 0 Å². The van der Waals surface area contributed by atoms with Gasteiger partial charge in [0.15, 0.2) is 0 Å². The number of benzene rings is 2. The van der Waals surface area contributed by atoms with Crippen molar-refractivity contribution in [2.24, 2.45) is 0 Å². The largest absolute Gasteiger partial charge is 0.465 e. The SMILES string of the molecule is CCN1CCN([C@H](c2ccc(C(=O)N(CC)CC)cc2)c2cccc(NC(=O)O)c2)CC1. The van der Waals surface area contributed by atoms with Crippen LogP contribution < -0.4 is 5.32 Å². The number of piperazine rings is 1. The van der Waals surface area contributed by atoms with E-state index in [-0.39, 0.29) is 11.9 Å². The summed E-state index contributed by atoms with van der Waals surface area (Å²) in [5.41, 5.74) is 3.37. The average molecular weight is 439 g/mol. The Bertz CT molecular complexity index is 904. The first-order valence-corrected chi connectivity index (χ1v) is 11.4. The lowest BCUT2D eigenvalue weighted by Gasteiger charge is -2.39. The Morgan fingerprint density at radius 1 is 0.969 bits per heavy atom. The Hall–Kier alpha value is -2.90. The van der Waals surface area contributed by atoms with Crippen molar-refractivity contribution in [2.75, 3.05) is 51.1 Å². The molecule has 0 radical (unpaired) electrons. The molecule has 0 saturated carbocycles. The number of nitrogens with zero attached hydrogens (tertiary/aromatic N) is 3. The van der Waals surface area contributed by atoms with Gasteiger partial charge in [0.05, 0.1) is 6.04 Å². The van der Waals surface area contributed by atoms with Crippen LogP contribution in [0.1, 0.15) is 48.3 Å². The number of likely N-dealkylation sites (N-methyl/N-ethyl adjacent to an activating group) is 1. The highest BCUT2D eigenvalue weighted by Crippen LogP contribution is 2.31. The summed E-state index contributed by atoms with van der Waals surface area (Å²) in [6.07, 6.45) is -1.07. The molecule has 1 fully saturated rings. The number of carbonyl (C=O) groups is 2. The van der Waals surface area contributed by atoms with E-state index in [2.05, 4.69) is 22.0 Å². The molecule has 1 atom stereocenters. The zero-order valence-corrected chi connectivity index (χ0v) is 19.3. The topological polar surface area (TPSA) is 76.1 Å². The molecule has 0 aliphatic carbocycles. The van der Waals surface area contributed by atoms with Gasteiger partial charge in [-0.25, -0.2) is 4.79 Å². The van der Waals surface area contributed by atoms with Gasteiger partial charge in [0, 0.05) is 50.5 Å². The second-order valence-corrected chi connectivity index (χ2v) is 8.03. The van der Waals surface area contributed by atoms with E-state index in [0.29, 0.717) is 24.3 Å². The number of carbonyl (C=O) groups excluding carboxylic acids is 1. The molecular weight excluding hydrogens is 404 g/mol. The molecular formula is C25H34N4O3. The van der Waals surface area contributed by atoms with Crippen LogP contribution in [0.2, 0.25) is 0 Å². The Kier molecular flexibility index (Phi) is 8.25. The first-order valence-electron chi connectivity index (χ1n) is 11.4. The summed E-state index contributed by atoms with van der Waals surface area (Å²) in [4.78, 5) is 30.5. The Morgan fingerprint density at radius 2 is 1.62 bits per heavy atom. The normalized spacial score (nSPS) is 15.8. The molecule has 0 spiro atoms. The van der Waals surface area contributed by atoms with Crippen molar-refractivity contribution in [1.82, 2.24) is 14.7 Å². The van der Waals surface area contributed by atoms with Gasteiger partial charge in [-0.15, -0.1) is 0 Å². The molecule has 1 saturated heterocycles. The molecule has 0 bridgehead atoms. The molecule has 2 amide bonds. The Balaban J connectivity index is 1.92. The first kappa shape index (κ1) is 23.8. The van der Waals surface area contributed by atoms with E-state index in [0.717, 1.165) is 43.9 Å².